The van der Waals surface area contributed by atoms with Crippen LogP contribution in [-0.2, 0) is 16.9 Å². The van der Waals surface area contributed by atoms with Crippen LogP contribution in [0, 0.1) is 0 Å². The molecule has 0 saturated heterocycles. The Labute approximate surface area is 177 Å². The molecule has 4 nitrogen and oxygen atoms in total. The molecular weight excluding hydrogens is 372 g/mol. The largest absolute Gasteiger partial charge is 0.305 e. The summed E-state index contributed by atoms with van der Waals surface area (Å²) in [4.78, 5) is 29.6. The Bertz CT molecular complexity index is 1030. The van der Waals surface area contributed by atoms with Crippen LogP contribution in [0.4, 0.5) is 5.69 Å². The van der Waals surface area contributed by atoms with Gasteiger partial charge in [0.2, 0.25) is 0 Å². The van der Waals surface area contributed by atoms with Gasteiger partial charge in [-0.15, -0.1) is 0 Å². The lowest BCUT2D eigenvalue weighted by molar-refractivity contribution is -0.124. The van der Waals surface area contributed by atoms with E-state index in [1.165, 1.54) is 0 Å². The Kier molecular flexibility index (Phi) is 5.77. The van der Waals surface area contributed by atoms with E-state index in [4.69, 9.17) is 0 Å². The van der Waals surface area contributed by atoms with Crippen LogP contribution in [0.1, 0.15) is 41.3 Å². The highest BCUT2D eigenvalue weighted by Crippen LogP contribution is 2.39. The summed E-state index contributed by atoms with van der Waals surface area (Å²) < 4.78 is 0. The second kappa shape index (κ2) is 8.64. The molecule has 0 fully saturated rings. The predicted octanol–water partition coefficient (Wildman–Crippen LogP) is 4.70. The maximum atomic E-state index is 14.1. The normalized spacial score (nSPS) is 18.4. The van der Waals surface area contributed by atoms with Gasteiger partial charge in [-0.25, -0.2) is 0 Å². The van der Waals surface area contributed by atoms with Crippen molar-refractivity contribution in [3.8, 4) is 0 Å². The van der Waals surface area contributed by atoms with Crippen molar-refractivity contribution < 1.29 is 9.59 Å². The lowest BCUT2D eigenvalue weighted by Crippen LogP contribution is -2.63. The fourth-order valence-corrected chi connectivity index (χ4v) is 4.09. The maximum Gasteiger partial charge on any atom is 0.260 e. The van der Waals surface area contributed by atoms with Crippen LogP contribution in [0.3, 0.4) is 0 Å². The number of nitrogens with one attached hydrogen (secondary N) is 1. The molecule has 0 aromatic heterocycles. The molecule has 0 saturated carbocycles. The Morgan fingerprint density at radius 1 is 0.833 bits per heavy atom. The van der Waals surface area contributed by atoms with Gasteiger partial charge in [-0.2, -0.15) is 0 Å². The van der Waals surface area contributed by atoms with Gasteiger partial charge >= 0.3 is 0 Å². The highest BCUT2D eigenvalue weighted by molar-refractivity contribution is 6.28. The molecule has 1 unspecified atom stereocenters. The Hall–Kier alpha value is -3.24. The van der Waals surface area contributed by atoms with Crippen LogP contribution in [0.15, 0.2) is 84.9 Å². The summed E-state index contributed by atoms with van der Waals surface area (Å²) >= 11 is 0. The quantitative estimate of drug-likeness (QED) is 0.464. The van der Waals surface area contributed by atoms with Gasteiger partial charge < -0.3 is 4.90 Å². The lowest BCUT2D eigenvalue weighted by atomic mass is 9.77. The van der Waals surface area contributed by atoms with Gasteiger partial charge in [0.1, 0.15) is 0 Å². The minimum Gasteiger partial charge on any atom is -0.305 e. The maximum absolute atomic E-state index is 14.1. The van der Waals surface area contributed by atoms with Crippen LogP contribution in [0.5, 0.6) is 0 Å². The van der Waals surface area contributed by atoms with Gasteiger partial charge in [-0.1, -0.05) is 86.1 Å². The highest BCUT2D eigenvalue weighted by atomic mass is 16.2. The van der Waals surface area contributed by atoms with Crippen LogP contribution >= 0.6 is 0 Å². The van der Waals surface area contributed by atoms with E-state index in [9.17, 15) is 9.59 Å². The van der Waals surface area contributed by atoms with Crippen molar-refractivity contribution in [3.63, 3.8) is 0 Å². The third-order valence-electron chi connectivity index (χ3n) is 5.66. The Morgan fingerprint density at radius 3 is 2.17 bits per heavy atom. The van der Waals surface area contributed by atoms with E-state index in [2.05, 4.69) is 12.2 Å². The van der Waals surface area contributed by atoms with E-state index in [0.29, 0.717) is 29.9 Å². The number of ketones is 1. The van der Waals surface area contributed by atoms with Gasteiger partial charge in [-0.3, -0.25) is 14.9 Å². The van der Waals surface area contributed by atoms with Crippen molar-refractivity contribution in [1.82, 2.24) is 5.32 Å². The topological polar surface area (TPSA) is 49.4 Å². The molecule has 0 radical (unpaired) electrons. The standard InChI is InChI=1S/C26H26N2O2/c1-2-3-18-27-26(21-14-8-5-9-15-21)24(29)22-16-10-11-17-23(22)28(25(26)30)19-20-12-6-4-7-13-20/h4-17,27H,2-3,18-19H2,1H3. The summed E-state index contributed by atoms with van der Waals surface area (Å²) in [6.07, 6.45) is 1.86. The van der Waals surface area contributed by atoms with Gasteiger partial charge in [0.25, 0.3) is 5.91 Å². The van der Waals surface area contributed by atoms with E-state index >= 15 is 0 Å². The summed E-state index contributed by atoms with van der Waals surface area (Å²) in [5.74, 6) is -0.410. The molecule has 0 aliphatic carbocycles. The second-order valence-electron chi connectivity index (χ2n) is 7.62. The summed E-state index contributed by atoms with van der Waals surface area (Å²) in [6, 6.07) is 26.7. The highest BCUT2D eigenvalue weighted by Gasteiger charge is 2.53. The van der Waals surface area contributed by atoms with Gasteiger partial charge in [-0.05, 0) is 36.2 Å². The first kappa shape index (κ1) is 20.0. The van der Waals surface area contributed by atoms with E-state index in [-0.39, 0.29) is 11.7 Å². The fraction of sp³-hybridized carbons (Fsp3) is 0.231. The van der Waals surface area contributed by atoms with Crippen LogP contribution < -0.4 is 10.2 Å². The third-order valence-corrected chi connectivity index (χ3v) is 5.66. The molecule has 0 bridgehead atoms. The molecule has 1 aliphatic heterocycles. The van der Waals surface area contributed by atoms with E-state index in [0.717, 1.165) is 18.4 Å². The lowest BCUT2D eigenvalue weighted by Gasteiger charge is -2.42. The average molecular weight is 399 g/mol. The SMILES string of the molecule is CCCCNC1(c2ccccc2)C(=O)c2ccccc2N(Cc2ccccc2)C1=O. The monoisotopic (exact) mass is 398 g/mol. The molecule has 152 valence electrons. The summed E-state index contributed by atoms with van der Waals surface area (Å²) in [7, 11) is 0. The Morgan fingerprint density at radius 2 is 1.47 bits per heavy atom. The number of para-hydroxylation sites is 1. The zero-order chi connectivity index (χ0) is 21.0. The van der Waals surface area contributed by atoms with Crippen LogP contribution in [0.25, 0.3) is 0 Å². The average Bonchev–Trinajstić information content (AvgIpc) is 2.80. The Balaban J connectivity index is 1.87. The molecule has 1 amide bonds. The number of fused-ring (bicyclic) bond motifs is 1. The molecule has 1 aliphatic rings. The van der Waals surface area contributed by atoms with Crippen molar-refractivity contribution in [2.75, 3.05) is 11.4 Å². The first-order valence-electron chi connectivity index (χ1n) is 10.5. The minimum atomic E-state index is -1.42. The van der Waals surface area contributed by atoms with E-state index in [1.54, 1.807) is 4.90 Å². The molecule has 1 atom stereocenters. The predicted molar refractivity (Wildman–Crippen MR) is 119 cm³/mol. The van der Waals surface area contributed by atoms with Crippen molar-refractivity contribution in [2.45, 2.75) is 31.8 Å². The van der Waals surface area contributed by atoms with Crippen molar-refractivity contribution in [1.29, 1.82) is 0 Å². The number of carbonyl (C=O) groups excluding carboxylic acids is 2. The van der Waals surface area contributed by atoms with Gasteiger partial charge in [0, 0.05) is 5.56 Å². The number of benzene rings is 3. The van der Waals surface area contributed by atoms with Gasteiger partial charge in [0.05, 0.1) is 12.2 Å². The molecular formula is C26H26N2O2. The number of rotatable bonds is 7. The number of anilines is 1. The van der Waals surface area contributed by atoms with E-state index < -0.39 is 5.54 Å². The van der Waals surface area contributed by atoms with Gasteiger partial charge in [0.15, 0.2) is 11.3 Å². The number of carbonyl (C=O) groups is 2. The van der Waals surface area contributed by atoms with Crippen molar-refractivity contribution >= 4 is 17.4 Å². The van der Waals surface area contributed by atoms with Crippen molar-refractivity contribution in [3.05, 3.63) is 102 Å². The summed E-state index contributed by atoms with van der Waals surface area (Å²) in [6.45, 7) is 3.09. The van der Waals surface area contributed by atoms with Crippen LogP contribution in [-0.4, -0.2) is 18.2 Å². The number of hydrogen-bond acceptors (Lipinski definition) is 3. The molecule has 1 heterocycles. The third kappa shape index (κ3) is 3.44. The zero-order valence-corrected chi connectivity index (χ0v) is 17.2. The first-order valence-corrected chi connectivity index (χ1v) is 10.5. The molecule has 3 aromatic rings. The van der Waals surface area contributed by atoms with Crippen molar-refractivity contribution in [2.24, 2.45) is 0 Å². The first-order chi connectivity index (χ1) is 14.7. The molecule has 4 heteroatoms. The van der Waals surface area contributed by atoms with E-state index in [1.807, 2.05) is 84.9 Å². The minimum absolute atomic E-state index is 0.185. The molecule has 0 spiro atoms. The fourth-order valence-electron chi connectivity index (χ4n) is 4.09. The second-order valence-corrected chi connectivity index (χ2v) is 7.62. The number of hydrogen-bond donors (Lipinski definition) is 1. The number of amides is 1. The van der Waals surface area contributed by atoms with Crippen LogP contribution in [0.2, 0.25) is 0 Å². The summed E-state index contributed by atoms with van der Waals surface area (Å²) in [5, 5.41) is 3.37. The number of Topliss-reactive ketones (excluding diaryl/α,β-unsaturated/α-hetero) is 1. The smallest absolute Gasteiger partial charge is 0.260 e. The molecule has 4 rings (SSSR count). The molecule has 3 aromatic carbocycles. The number of nitrogens with zero attached hydrogens (tertiary/aromatic N) is 1. The molecule has 30 heavy (non-hydrogen) atoms. The zero-order valence-electron chi connectivity index (χ0n) is 17.2. The number of unbranched alkanes of at least 4 members (excludes halogenated alkanes) is 1. The summed E-state index contributed by atoms with van der Waals surface area (Å²) in [5.41, 5.74) is 1.52. The molecule has 1 N–H and O–H groups in total.